The first-order chi connectivity index (χ1) is 8.22. The minimum Gasteiger partial charge on any atom is -0.388 e. The van der Waals surface area contributed by atoms with Crippen molar-refractivity contribution in [3.8, 4) is 0 Å². The van der Waals surface area contributed by atoms with E-state index < -0.39 is 0 Å². The number of aliphatic hydroxyl groups is 1. The highest BCUT2D eigenvalue weighted by Crippen LogP contribution is 2.36. The normalized spacial score (nSPS) is 23.9. The van der Waals surface area contributed by atoms with Gasteiger partial charge in [-0.3, -0.25) is 0 Å². The summed E-state index contributed by atoms with van der Waals surface area (Å²) in [7, 11) is 0. The van der Waals surface area contributed by atoms with Gasteiger partial charge in [-0.15, -0.1) is 0 Å². The molecule has 2 unspecified atom stereocenters. The second-order valence-electron chi connectivity index (χ2n) is 5.10. The van der Waals surface area contributed by atoms with Crippen LogP contribution in [0.2, 0.25) is 0 Å². The van der Waals surface area contributed by atoms with Gasteiger partial charge < -0.3 is 5.11 Å². The van der Waals surface area contributed by atoms with Crippen LogP contribution in [0.3, 0.4) is 0 Å². The Balaban J connectivity index is 2.19. The molecule has 1 aromatic rings. The van der Waals surface area contributed by atoms with E-state index in [9.17, 15) is 5.11 Å². The predicted molar refractivity (Wildman–Crippen MR) is 71.9 cm³/mol. The van der Waals surface area contributed by atoms with Crippen LogP contribution in [0.25, 0.3) is 0 Å². The molecule has 1 nitrogen and oxygen atoms in total. The Hall–Kier alpha value is -1.08. The SMILES string of the molecule is C=C(CC)CC1CCCc2ccccc2C1O. The first kappa shape index (κ1) is 12.4. The molecule has 1 aromatic carbocycles. The van der Waals surface area contributed by atoms with Crippen LogP contribution in [0.5, 0.6) is 0 Å². The zero-order valence-electron chi connectivity index (χ0n) is 10.7. The van der Waals surface area contributed by atoms with Crippen LogP contribution in [0.4, 0.5) is 0 Å². The van der Waals surface area contributed by atoms with E-state index in [4.69, 9.17) is 0 Å². The summed E-state index contributed by atoms with van der Waals surface area (Å²) in [4.78, 5) is 0. The quantitative estimate of drug-likeness (QED) is 0.614. The fraction of sp³-hybridized carbons (Fsp3) is 0.500. The zero-order chi connectivity index (χ0) is 12.3. The number of rotatable bonds is 3. The highest BCUT2D eigenvalue weighted by molar-refractivity contribution is 5.30. The molecule has 0 saturated carbocycles. The maximum atomic E-state index is 10.5. The van der Waals surface area contributed by atoms with Gasteiger partial charge in [0.15, 0.2) is 0 Å². The van der Waals surface area contributed by atoms with E-state index in [2.05, 4.69) is 31.7 Å². The number of allylic oxidation sites excluding steroid dienone is 1. The van der Waals surface area contributed by atoms with Crippen molar-refractivity contribution >= 4 is 0 Å². The van der Waals surface area contributed by atoms with Crippen LogP contribution in [-0.2, 0) is 6.42 Å². The molecular formula is C16H22O. The summed E-state index contributed by atoms with van der Waals surface area (Å²) in [6, 6.07) is 8.32. The van der Waals surface area contributed by atoms with Gasteiger partial charge in [0.25, 0.3) is 0 Å². The smallest absolute Gasteiger partial charge is 0.0823 e. The Kier molecular flexibility index (Phi) is 4.01. The van der Waals surface area contributed by atoms with Crippen molar-refractivity contribution in [1.29, 1.82) is 0 Å². The third-order valence-electron chi connectivity index (χ3n) is 3.89. The van der Waals surface area contributed by atoms with Crippen LogP contribution >= 0.6 is 0 Å². The number of hydrogen-bond acceptors (Lipinski definition) is 1. The van der Waals surface area contributed by atoms with Crippen molar-refractivity contribution in [2.75, 3.05) is 0 Å². The molecule has 2 rings (SSSR count). The minimum absolute atomic E-state index is 0.308. The fourth-order valence-electron chi connectivity index (χ4n) is 2.75. The maximum Gasteiger partial charge on any atom is 0.0823 e. The van der Waals surface area contributed by atoms with E-state index in [1.165, 1.54) is 17.6 Å². The van der Waals surface area contributed by atoms with E-state index in [1.54, 1.807) is 0 Å². The lowest BCUT2D eigenvalue weighted by Gasteiger charge is -2.22. The maximum absolute atomic E-state index is 10.5. The number of benzene rings is 1. The minimum atomic E-state index is -0.308. The summed E-state index contributed by atoms with van der Waals surface area (Å²) in [5, 5.41) is 10.5. The molecule has 2 atom stereocenters. The number of aryl methyl sites for hydroxylation is 1. The van der Waals surface area contributed by atoms with Crippen molar-refractivity contribution < 1.29 is 5.11 Å². The van der Waals surface area contributed by atoms with Gasteiger partial charge >= 0.3 is 0 Å². The van der Waals surface area contributed by atoms with Gasteiger partial charge in [0.05, 0.1) is 6.10 Å². The summed E-state index contributed by atoms with van der Waals surface area (Å²) in [6.45, 7) is 6.22. The fourth-order valence-corrected chi connectivity index (χ4v) is 2.75. The largest absolute Gasteiger partial charge is 0.388 e. The molecule has 92 valence electrons. The summed E-state index contributed by atoms with van der Waals surface area (Å²) in [5.74, 6) is 0.353. The molecule has 0 fully saturated rings. The molecular weight excluding hydrogens is 208 g/mol. The van der Waals surface area contributed by atoms with Crippen molar-refractivity contribution in [2.24, 2.45) is 5.92 Å². The predicted octanol–water partition coefficient (Wildman–Crippen LogP) is 4.03. The molecule has 0 bridgehead atoms. The molecule has 1 N–H and O–H groups in total. The Labute approximate surface area is 104 Å². The second kappa shape index (κ2) is 5.50. The van der Waals surface area contributed by atoms with E-state index in [0.29, 0.717) is 5.92 Å². The molecule has 0 aliphatic heterocycles. The third kappa shape index (κ3) is 2.78. The van der Waals surface area contributed by atoms with Gasteiger partial charge in [0.2, 0.25) is 0 Å². The van der Waals surface area contributed by atoms with E-state index >= 15 is 0 Å². The lowest BCUT2D eigenvalue weighted by atomic mass is 9.87. The Morgan fingerprint density at radius 3 is 2.94 bits per heavy atom. The summed E-state index contributed by atoms with van der Waals surface area (Å²) in [5.41, 5.74) is 3.72. The molecule has 1 heteroatoms. The highest BCUT2D eigenvalue weighted by Gasteiger charge is 2.25. The molecule has 0 spiro atoms. The van der Waals surface area contributed by atoms with Crippen molar-refractivity contribution in [3.05, 3.63) is 47.5 Å². The van der Waals surface area contributed by atoms with Crippen molar-refractivity contribution in [2.45, 2.75) is 45.1 Å². The molecule has 0 heterocycles. The standard InChI is InChI=1S/C16H22O/c1-3-12(2)11-14-9-6-8-13-7-4-5-10-15(13)16(14)17/h4-5,7,10,14,16-17H,2-3,6,8-9,11H2,1H3. The lowest BCUT2D eigenvalue weighted by molar-refractivity contribution is 0.105. The zero-order valence-corrected chi connectivity index (χ0v) is 10.7. The van der Waals surface area contributed by atoms with Gasteiger partial charge in [-0.25, -0.2) is 0 Å². The van der Waals surface area contributed by atoms with Gasteiger partial charge in [-0.2, -0.15) is 0 Å². The van der Waals surface area contributed by atoms with Crippen molar-refractivity contribution in [1.82, 2.24) is 0 Å². The van der Waals surface area contributed by atoms with Gasteiger partial charge in [0, 0.05) is 0 Å². The Bertz CT molecular complexity index is 394. The molecule has 0 amide bonds. The monoisotopic (exact) mass is 230 g/mol. The van der Waals surface area contributed by atoms with Gasteiger partial charge in [0.1, 0.15) is 0 Å². The lowest BCUT2D eigenvalue weighted by Crippen LogP contribution is -2.12. The Morgan fingerprint density at radius 2 is 2.18 bits per heavy atom. The van der Waals surface area contributed by atoms with E-state index in [1.807, 2.05) is 6.07 Å². The molecule has 0 aromatic heterocycles. The van der Waals surface area contributed by atoms with Crippen LogP contribution < -0.4 is 0 Å². The average Bonchev–Trinajstić information content (AvgIpc) is 2.51. The van der Waals surface area contributed by atoms with E-state index in [0.717, 1.165) is 31.2 Å². The molecule has 17 heavy (non-hydrogen) atoms. The second-order valence-corrected chi connectivity index (χ2v) is 5.10. The topological polar surface area (TPSA) is 20.2 Å². The summed E-state index contributed by atoms with van der Waals surface area (Å²) in [6.07, 6.45) is 5.06. The summed E-state index contributed by atoms with van der Waals surface area (Å²) >= 11 is 0. The van der Waals surface area contributed by atoms with Gasteiger partial charge in [-0.05, 0) is 49.1 Å². The first-order valence-electron chi connectivity index (χ1n) is 6.65. The third-order valence-corrected chi connectivity index (χ3v) is 3.89. The molecule has 0 radical (unpaired) electrons. The molecule has 0 saturated heterocycles. The summed E-state index contributed by atoms with van der Waals surface area (Å²) < 4.78 is 0. The van der Waals surface area contributed by atoms with Crippen LogP contribution in [0.15, 0.2) is 36.4 Å². The van der Waals surface area contributed by atoms with Crippen molar-refractivity contribution in [3.63, 3.8) is 0 Å². The number of aliphatic hydroxyl groups excluding tert-OH is 1. The van der Waals surface area contributed by atoms with Crippen LogP contribution in [-0.4, -0.2) is 5.11 Å². The van der Waals surface area contributed by atoms with E-state index in [-0.39, 0.29) is 6.10 Å². The molecule has 1 aliphatic rings. The highest BCUT2D eigenvalue weighted by atomic mass is 16.3. The molecule has 1 aliphatic carbocycles. The Morgan fingerprint density at radius 1 is 1.41 bits per heavy atom. The number of hydrogen-bond donors (Lipinski definition) is 1. The first-order valence-corrected chi connectivity index (χ1v) is 6.65. The van der Waals surface area contributed by atoms with Gasteiger partial charge in [-0.1, -0.05) is 43.3 Å². The average molecular weight is 230 g/mol. The van der Waals surface area contributed by atoms with Crippen LogP contribution in [0.1, 0.15) is 49.8 Å². The van der Waals surface area contributed by atoms with Crippen LogP contribution in [0, 0.1) is 5.92 Å². The number of fused-ring (bicyclic) bond motifs is 1.